The van der Waals surface area contributed by atoms with E-state index in [1.807, 2.05) is 23.7 Å². The number of benzene rings is 1. The molecule has 0 saturated carbocycles. The van der Waals surface area contributed by atoms with Crippen LogP contribution in [0.5, 0.6) is 0 Å². The van der Waals surface area contributed by atoms with E-state index in [0.29, 0.717) is 39.7 Å². The lowest BCUT2D eigenvalue weighted by atomic mass is 10.1. The van der Waals surface area contributed by atoms with Crippen LogP contribution in [0.1, 0.15) is 16.8 Å². The van der Waals surface area contributed by atoms with E-state index in [9.17, 15) is 4.79 Å². The number of halogens is 2. The molecule has 1 aromatic carbocycles. The molecule has 8 heteroatoms. The van der Waals surface area contributed by atoms with Gasteiger partial charge in [-0.15, -0.1) is 11.3 Å². The summed E-state index contributed by atoms with van der Waals surface area (Å²) in [5.41, 5.74) is 3.00. The molecule has 146 valence electrons. The molecule has 0 fully saturated rings. The maximum atomic E-state index is 12.9. The van der Waals surface area contributed by atoms with E-state index in [1.165, 1.54) is 6.26 Å². The normalized spacial score (nSPS) is 14.3. The first-order valence-corrected chi connectivity index (χ1v) is 10.7. The van der Waals surface area contributed by atoms with Gasteiger partial charge in [0.05, 0.1) is 27.2 Å². The van der Waals surface area contributed by atoms with E-state index in [4.69, 9.17) is 32.6 Å². The first kappa shape index (κ1) is 18.8. The van der Waals surface area contributed by atoms with Crippen LogP contribution in [0.25, 0.3) is 21.7 Å². The summed E-state index contributed by atoms with van der Waals surface area (Å²) in [5.74, 6) is 0.774. The molecule has 5 nitrogen and oxygen atoms in total. The molecule has 1 aliphatic heterocycles. The Morgan fingerprint density at radius 1 is 1.28 bits per heavy atom. The molecule has 29 heavy (non-hydrogen) atoms. The van der Waals surface area contributed by atoms with Crippen molar-refractivity contribution in [3.05, 3.63) is 79.2 Å². The molecule has 0 aliphatic carbocycles. The van der Waals surface area contributed by atoms with Gasteiger partial charge in [-0.1, -0.05) is 29.3 Å². The Labute approximate surface area is 180 Å². The molecule has 0 unspecified atom stereocenters. The van der Waals surface area contributed by atoms with E-state index in [1.54, 1.807) is 23.5 Å². The summed E-state index contributed by atoms with van der Waals surface area (Å²) in [7, 11) is 0. The molecule has 4 aromatic rings. The minimum absolute atomic E-state index is 0.106. The summed E-state index contributed by atoms with van der Waals surface area (Å²) in [4.78, 5) is 25.4. The van der Waals surface area contributed by atoms with Crippen LogP contribution in [-0.4, -0.2) is 21.4 Å². The van der Waals surface area contributed by atoms with E-state index in [-0.39, 0.29) is 5.43 Å². The van der Waals surface area contributed by atoms with Crippen molar-refractivity contribution in [2.45, 2.75) is 19.5 Å². The third-order valence-corrected chi connectivity index (χ3v) is 6.38. The van der Waals surface area contributed by atoms with Crippen LogP contribution in [-0.2, 0) is 19.5 Å². The van der Waals surface area contributed by atoms with Crippen LogP contribution in [0, 0.1) is 0 Å². The van der Waals surface area contributed by atoms with E-state index in [2.05, 4.69) is 9.88 Å². The van der Waals surface area contributed by atoms with Gasteiger partial charge in [0.1, 0.15) is 0 Å². The lowest BCUT2D eigenvalue weighted by molar-refractivity contribution is 0.240. The molecule has 0 N–H and O–H groups in total. The van der Waals surface area contributed by atoms with Crippen molar-refractivity contribution < 1.29 is 4.42 Å². The largest absolute Gasteiger partial charge is 0.462 e. The van der Waals surface area contributed by atoms with Crippen LogP contribution in [0.3, 0.4) is 0 Å². The summed E-state index contributed by atoms with van der Waals surface area (Å²) in [5, 5.41) is 3.18. The van der Waals surface area contributed by atoms with Gasteiger partial charge in [-0.3, -0.25) is 9.69 Å². The van der Waals surface area contributed by atoms with Crippen LogP contribution >= 0.6 is 34.5 Å². The Morgan fingerprint density at radius 2 is 2.17 bits per heavy atom. The molecular weight excluding hydrogens is 429 g/mol. The quantitative estimate of drug-likeness (QED) is 0.436. The summed E-state index contributed by atoms with van der Waals surface area (Å²) in [6, 6.07) is 7.20. The zero-order valence-electron chi connectivity index (χ0n) is 15.2. The van der Waals surface area contributed by atoms with E-state index < -0.39 is 0 Å². The highest BCUT2D eigenvalue weighted by atomic mass is 35.5. The Kier molecular flexibility index (Phi) is 4.87. The maximum absolute atomic E-state index is 12.9. The van der Waals surface area contributed by atoms with Crippen molar-refractivity contribution in [3.63, 3.8) is 0 Å². The molecule has 0 amide bonds. The first-order valence-electron chi connectivity index (χ1n) is 9.09. The second-order valence-electron chi connectivity index (χ2n) is 6.96. The number of nitrogens with zero attached hydrogens (tertiary/aromatic N) is 3. The predicted molar refractivity (Wildman–Crippen MR) is 116 cm³/mol. The molecule has 0 radical (unpaired) electrons. The SMILES string of the molecule is O=c1c(CN2CCc3nc(-c4cccs4)ncc3C2)coc2c(Cl)cc(Cl)cc12. The molecule has 0 spiro atoms. The van der Waals surface area contributed by atoms with Crippen molar-refractivity contribution in [1.82, 2.24) is 14.9 Å². The fraction of sp³-hybridized carbons (Fsp3) is 0.190. The number of fused-ring (bicyclic) bond motifs is 2. The van der Waals surface area contributed by atoms with Gasteiger partial charge in [0, 0.05) is 48.4 Å². The summed E-state index contributed by atoms with van der Waals surface area (Å²) >= 11 is 13.8. The Morgan fingerprint density at radius 3 is 3.00 bits per heavy atom. The second kappa shape index (κ2) is 7.54. The monoisotopic (exact) mass is 443 g/mol. The van der Waals surface area contributed by atoms with Gasteiger partial charge in [-0.2, -0.15) is 0 Å². The van der Waals surface area contributed by atoms with Crippen molar-refractivity contribution in [3.8, 4) is 10.7 Å². The van der Waals surface area contributed by atoms with Crippen LogP contribution in [0.2, 0.25) is 10.0 Å². The van der Waals surface area contributed by atoms with Crippen molar-refractivity contribution in [2.75, 3.05) is 6.54 Å². The number of thiophene rings is 1. The van der Waals surface area contributed by atoms with E-state index in [0.717, 1.165) is 34.9 Å². The van der Waals surface area contributed by atoms with Gasteiger partial charge in [0.25, 0.3) is 0 Å². The van der Waals surface area contributed by atoms with Gasteiger partial charge >= 0.3 is 0 Å². The highest BCUT2D eigenvalue weighted by Crippen LogP contribution is 2.27. The molecule has 5 rings (SSSR count). The Hall–Kier alpha value is -2.25. The van der Waals surface area contributed by atoms with Gasteiger partial charge < -0.3 is 4.42 Å². The fourth-order valence-electron chi connectivity index (χ4n) is 3.59. The summed E-state index contributed by atoms with van der Waals surface area (Å²) in [6.45, 7) is 1.98. The molecule has 0 bridgehead atoms. The molecule has 0 atom stereocenters. The molecule has 4 heterocycles. The second-order valence-corrected chi connectivity index (χ2v) is 8.75. The average Bonchev–Trinajstić information content (AvgIpc) is 3.25. The third kappa shape index (κ3) is 3.57. The zero-order valence-corrected chi connectivity index (χ0v) is 17.5. The van der Waals surface area contributed by atoms with Gasteiger partial charge in [-0.05, 0) is 23.6 Å². The predicted octanol–water partition coefficient (Wildman–Crippen LogP) is 5.18. The van der Waals surface area contributed by atoms with Gasteiger partial charge in [0.15, 0.2) is 16.8 Å². The Bertz CT molecular complexity index is 1270. The first-order chi connectivity index (χ1) is 14.1. The van der Waals surface area contributed by atoms with Crippen LogP contribution < -0.4 is 5.43 Å². The number of rotatable bonds is 3. The number of aromatic nitrogens is 2. The highest BCUT2D eigenvalue weighted by molar-refractivity contribution is 7.13. The highest BCUT2D eigenvalue weighted by Gasteiger charge is 2.21. The molecular formula is C21H15Cl2N3O2S. The van der Waals surface area contributed by atoms with Crippen molar-refractivity contribution in [1.29, 1.82) is 0 Å². The van der Waals surface area contributed by atoms with Crippen LogP contribution in [0.4, 0.5) is 0 Å². The molecule has 0 saturated heterocycles. The Balaban J connectivity index is 1.40. The lowest BCUT2D eigenvalue weighted by Crippen LogP contribution is -2.32. The molecule has 1 aliphatic rings. The van der Waals surface area contributed by atoms with Crippen molar-refractivity contribution >= 4 is 45.5 Å². The summed E-state index contributed by atoms with van der Waals surface area (Å²) < 4.78 is 5.64. The minimum Gasteiger partial charge on any atom is -0.462 e. The van der Waals surface area contributed by atoms with Gasteiger partial charge in [0.2, 0.25) is 0 Å². The lowest BCUT2D eigenvalue weighted by Gasteiger charge is -2.27. The summed E-state index contributed by atoms with van der Waals surface area (Å²) in [6.07, 6.45) is 4.20. The number of hydrogen-bond acceptors (Lipinski definition) is 6. The van der Waals surface area contributed by atoms with Gasteiger partial charge in [-0.25, -0.2) is 9.97 Å². The molecule has 3 aromatic heterocycles. The minimum atomic E-state index is -0.106. The van der Waals surface area contributed by atoms with Crippen LogP contribution in [0.15, 0.2) is 51.3 Å². The number of hydrogen-bond donors (Lipinski definition) is 0. The van der Waals surface area contributed by atoms with E-state index >= 15 is 0 Å². The maximum Gasteiger partial charge on any atom is 0.197 e. The standard InChI is InChI=1S/C21H15Cl2N3O2S/c22-14-6-15-19(27)13(11-28-20(15)16(23)7-14)10-26-4-3-17-12(9-26)8-24-21(25-17)18-2-1-5-29-18/h1-2,5-8,11H,3-4,9-10H2. The smallest absolute Gasteiger partial charge is 0.197 e. The average molecular weight is 444 g/mol. The fourth-order valence-corrected chi connectivity index (χ4v) is 4.79. The zero-order chi connectivity index (χ0) is 20.0. The third-order valence-electron chi connectivity index (χ3n) is 5.01. The topological polar surface area (TPSA) is 59.2 Å². The van der Waals surface area contributed by atoms with Crippen molar-refractivity contribution in [2.24, 2.45) is 0 Å².